The number of hydrogen-bond donors (Lipinski definition) is 4. The Morgan fingerprint density at radius 2 is 1.78 bits per heavy atom. The number of aromatic nitrogens is 4. The average molecular weight is 709 g/mol. The Kier molecular flexibility index (Phi) is 10.3. The van der Waals surface area contributed by atoms with Crippen LogP contribution in [0.1, 0.15) is 12.8 Å². The van der Waals surface area contributed by atoms with E-state index in [1.165, 1.54) is 13.3 Å². The molecule has 2 aliphatic rings. The van der Waals surface area contributed by atoms with E-state index in [9.17, 15) is 13.8 Å². The highest BCUT2D eigenvalue weighted by molar-refractivity contribution is 7.71. The van der Waals surface area contributed by atoms with Crippen LogP contribution in [0.15, 0.2) is 55.3 Å². The van der Waals surface area contributed by atoms with Crippen molar-refractivity contribution in [3.63, 3.8) is 0 Å². The van der Waals surface area contributed by atoms with Crippen molar-refractivity contribution >= 4 is 75.5 Å². The first-order valence-electron chi connectivity index (χ1n) is 15.9. The van der Waals surface area contributed by atoms with Crippen LogP contribution in [-0.4, -0.2) is 96.5 Å². The molecule has 2 fully saturated rings. The number of nitrogens with zero attached hydrogens (tertiary/aromatic N) is 6. The molecule has 0 spiro atoms. The van der Waals surface area contributed by atoms with E-state index in [0.717, 1.165) is 52.1 Å². The fraction of sp³-hybridized carbons (Fsp3) is 0.364. The Morgan fingerprint density at radius 1 is 1.04 bits per heavy atom. The van der Waals surface area contributed by atoms with Crippen molar-refractivity contribution in [2.45, 2.75) is 18.9 Å². The molecule has 4 aromatic rings. The summed E-state index contributed by atoms with van der Waals surface area (Å²) in [5, 5.41) is 13.2. The van der Waals surface area contributed by atoms with Crippen LogP contribution in [0.4, 0.5) is 38.9 Å². The molecular weight excluding hydrogens is 670 g/mol. The molecule has 0 unspecified atom stereocenters. The molecule has 258 valence electrons. The lowest BCUT2D eigenvalue weighted by Gasteiger charge is -2.41. The lowest BCUT2D eigenvalue weighted by molar-refractivity contribution is -0.114. The Bertz CT molecular complexity index is 1930. The van der Waals surface area contributed by atoms with Crippen molar-refractivity contribution < 1.29 is 18.5 Å². The third kappa shape index (κ3) is 7.78. The van der Waals surface area contributed by atoms with Gasteiger partial charge in [-0.15, -0.1) is 0 Å². The molecule has 2 saturated heterocycles. The van der Waals surface area contributed by atoms with Crippen molar-refractivity contribution in [2.24, 2.45) is 0 Å². The standard InChI is InChI=1S/C33H39ClFN10O3P/c1-20(35)32(46)41-25-17-26(28(48-2)18-27(25)45-13-7-21(8-14-45)44-15-11-36-12-16-44)42-33-39-19-22(34)31(43-33)40-24-6-5-23-29(38-10-9-37-23)30(24)49(3,4)47/h5-6,9-10,17-19,21,36H,1,7-8,11-16H2,2-4H3,(H,41,46)(H2,39,40,42,43). The molecule has 0 saturated carbocycles. The molecule has 2 aromatic heterocycles. The summed E-state index contributed by atoms with van der Waals surface area (Å²) in [6.07, 6.45) is 6.47. The number of carbonyl (C=O) groups is 1. The number of hydrogen-bond acceptors (Lipinski definition) is 12. The number of piperazine rings is 1. The summed E-state index contributed by atoms with van der Waals surface area (Å²) in [6.45, 7) is 12.0. The number of amides is 1. The van der Waals surface area contributed by atoms with E-state index in [4.69, 9.17) is 16.3 Å². The topological polar surface area (TPSA) is 150 Å². The van der Waals surface area contributed by atoms with E-state index in [1.54, 1.807) is 43.9 Å². The Labute approximate surface area is 289 Å². The van der Waals surface area contributed by atoms with Gasteiger partial charge in [0.05, 0.1) is 46.9 Å². The van der Waals surface area contributed by atoms with Gasteiger partial charge in [0.1, 0.15) is 23.4 Å². The largest absolute Gasteiger partial charge is 0.494 e. The highest BCUT2D eigenvalue weighted by atomic mass is 35.5. The maximum Gasteiger partial charge on any atom is 0.283 e. The summed E-state index contributed by atoms with van der Waals surface area (Å²) < 4.78 is 33.1. The van der Waals surface area contributed by atoms with Gasteiger partial charge < -0.3 is 35.5 Å². The molecule has 13 nitrogen and oxygen atoms in total. The zero-order chi connectivity index (χ0) is 34.7. The van der Waals surface area contributed by atoms with Gasteiger partial charge in [-0.25, -0.2) is 9.37 Å². The SMILES string of the molecule is C=C(F)C(=O)Nc1cc(Nc2ncc(Cl)c(Nc3ccc4nccnc4c3P(C)(C)=O)n2)c(OC)cc1N1CCC(N2CCNCC2)CC1. The molecule has 0 atom stereocenters. The zero-order valence-corrected chi connectivity index (χ0v) is 29.2. The van der Waals surface area contributed by atoms with Crippen LogP contribution in [-0.2, 0) is 9.36 Å². The predicted octanol–water partition coefficient (Wildman–Crippen LogP) is 5.11. The molecule has 4 N–H and O–H groups in total. The van der Waals surface area contributed by atoms with Crippen LogP contribution < -0.4 is 36.2 Å². The van der Waals surface area contributed by atoms with Crippen LogP contribution >= 0.6 is 18.7 Å². The van der Waals surface area contributed by atoms with Gasteiger partial charge in [0.15, 0.2) is 11.6 Å². The molecule has 1 amide bonds. The molecule has 6 rings (SSSR count). The van der Waals surface area contributed by atoms with Crippen LogP contribution in [0.5, 0.6) is 5.75 Å². The monoisotopic (exact) mass is 708 g/mol. The van der Waals surface area contributed by atoms with Gasteiger partial charge >= 0.3 is 0 Å². The highest BCUT2D eigenvalue weighted by Gasteiger charge is 2.28. The smallest absolute Gasteiger partial charge is 0.283 e. The summed E-state index contributed by atoms with van der Waals surface area (Å²) in [5.74, 6) is -1.18. The Balaban J connectivity index is 1.29. The summed E-state index contributed by atoms with van der Waals surface area (Å²) in [5.41, 5.74) is 3.15. The number of nitrogens with one attached hydrogen (secondary N) is 4. The predicted molar refractivity (Wildman–Crippen MR) is 194 cm³/mol. The van der Waals surface area contributed by atoms with E-state index in [2.05, 4.69) is 57.6 Å². The van der Waals surface area contributed by atoms with Gasteiger partial charge in [0, 0.05) is 63.8 Å². The quantitative estimate of drug-likeness (QED) is 0.128. The molecule has 2 aliphatic heterocycles. The van der Waals surface area contributed by atoms with Crippen molar-refractivity contribution in [3.05, 3.63) is 60.3 Å². The Morgan fingerprint density at radius 3 is 2.47 bits per heavy atom. The lowest BCUT2D eigenvalue weighted by atomic mass is 10.0. The third-order valence-corrected chi connectivity index (χ3v) is 10.5. The average Bonchev–Trinajstić information content (AvgIpc) is 3.09. The number of anilines is 6. The van der Waals surface area contributed by atoms with Gasteiger partial charge in [0.25, 0.3) is 5.91 Å². The Hall–Kier alpha value is -4.36. The van der Waals surface area contributed by atoms with Gasteiger partial charge in [-0.05, 0) is 44.4 Å². The maximum atomic E-state index is 13.9. The number of halogens is 2. The van der Waals surface area contributed by atoms with Gasteiger partial charge in [-0.2, -0.15) is 4.98 Å². The lowest BCUT2D eigenvalue weighted by Crippen LogP contribution is -2.52. The van der Waals surface area contributed by atoms with Gasteiger partial charge in [-0.3, -0.25) is 19.7 Å². The maximum absolute atomic E-state index is 13.9. The zero-order valence-electron chi connectivity index (χ0n) is 27.6. The van der Waals surface area contributed by atoms with E-state index in [1.807, 2.05) is 6.07 Å². The molecule has 49 heavy (non-hydrogen) atoms. The molecule has 0 bridgehead atoms. The van der Waals surface area contributed by atoms with Crippen LogP contribution in [0.3, 0.4) is 0 Å². The van der Waals surface area contributed by atoms with Crippen LogP contribution in [0.25, 0.3) is 11.0 Å². The van der Waals surface area contributed by atoms with Crippen molar-refractivity contribution in [2.75, 3.05) is 80.6 Å². The fourth-order valence-corrected chi connectivity index (χ4v) is 7.87. The van der Waals surface area contributed by atoms with E-state index in [0.29, 0.717) is 50.9 Å². The van der Waals surface area contributed by atoms with E-state index >= 15 is 0 Å². The molecule has 4 heterocycles. The molecule has 2 aromatic carbocycles. The van der Waals surface area contributed by atoms with Crippen LogP contribution in [0, 0.1) is 0 Å². The first-order chi connectivity index (χ1) is 23.5. The number of methoxy groups -OCH3 is 1. The van der Waals surface area contributed by atoms with Crippen LogP contribution in [0.2, 0.25) is 5.02 Å². The highest BCUT2D eigenvalue weighted by Crippen LogP contribution is 2.42. The van der Waals surface area contributed by atoms with Gasteiger partial charge in [0.2, 0.25) is 5.95 Å². The molecule has 0 aliphatic carbocycles. The minimum atomic E-state index is -2.84. The summed E-state index contributed by atoms with van der Waals surface area (Å²) in [6, 6.07) is 7.49. The second-order valence-corrected chi connectivity index (χ2v) is 15.9. The van der Waals surface area contributed by atoms with Crippen molar-refractivity contribution in [1.29, 1.82) is 0 Å². The number of fused-ring (bicyclic) bond motifs is 1. The summed E-state index contributed by atoms with van der Waals surface area (Å²) in [7, 11) is -1.30. The third-order valence-electron chi connectivity index (χ3n) is 8.68. The second-order valence-electron chi connectivity index (χ2n) is 12.3. The minimum absolute atomic E-state index is 0.153. The molecule has 0 radical (unpaired) electrons. The molecular formula is C33H39ClFN10O3P. The number of rotatable bonds is 10. The first kappa shape index (κ1) is 34.5. The summed E-state index contributed by atoms with van der Waals surface area (Å²) >= 11 is 6.53. The number of ether oxygens (including phenoxy) is 1. The van der Waals surface area contributed by atoms with E-state index < -0.39 is 18.9 Å². The molecule has 16 heteroatoms. The van der Waals surface area contributed by atoms with Crippen molar-refractivity contribution in [3.8, 4) is 5.75 Å². The number of piperidine rings is 1. The second kappa shape index (κ2) is 14.6. The fourth-order valence-electron chi connectivity index (χ4n) is 6.34. The summed E-state index contributed by atoms with van der Waals surface area (Å²) in [4.78, 5) is 35.0. The normalized spacial score (nSPS) is 16.0. The minimum Gasteiger partial charge on any atom is -0.494 e. The first-order valence-corrected chi connectivity index (χ1v) is 18.9. The van der Waals surface area contributed by atoms with Crippen molar-refractivity contribution in [1.82, 2.24) is 30.2 Å². The number of benzene rings is 2. The van der Waals surface area contributed by atoms with Gasteiger partial charge in [-0.1, -0.05) is 18.2 Å². The number of carbonyl (C=O) groups excluding carboxylic acids is 1. The van der Waals surface area contributed by atoms with E-state index in [-0.39, 0.29) is 16.8 Å².